The lowest BCUT2D eigenvalue weighted by Crippen LogP contribution is -2.19. The molecule has 0 aliphatic carbocycles. The van der Waals surface area contributed by atoms with Gasteiger partial charge in [0.1, 0.15) is 0 Å². The fraction of sp³-hybridized carbons (Fsp3) is 0.158. The Morgan fingerprint density at radius 3 is 2.52 bits per heavy atom. The van der Waals surface area contributed by atoms with Crippen LogP contribution in [0.25, 0.3) is 0 Å². The van der Waals surface area contributed by atoms with E-state index in [9.17, 15) is 0 Å². The van der Waals surface area contributed by atoms with Crippen LogP contribution in [0.4, 0.5) is 11.5 Å². The molecule has 0 saturated carbocycles. The molecule has 2 N–H and O–H groups in total. The maximum Gasteiger partial charge on any atom is 0.176 e. The van der Waals surface area contributed by atoms with Crippen molar-refractivity contribution in [2.45, 2.75) is 20.4 Å². The van der Waals surface area contributed by atoms with Crippen molar-refractivity contribution in [3.63, 3.8) is 0 Å². The van der Waals surface area contributed by atoms with E-state index < -0.39 is 0 Å². The molecule has 0 radical (unpaired) electrons. The molecular weight excluding hydrogens is 352 g/mol. The van der Waals surface area contributed by atoms with Gasteiger partial charge in [0.25, 0.3) is 0 Å². The highest BCUT2D eigenvalue weighted by Crippen LogP contribution is 2.18. The lowest BCUT2D eigenvalue weighted by molar-refractivity contribution is 0.668. The van der Waals surface area contributed by atoms with E-state index in [1.807, 2.05) is 66.2 Å². The SMILES string of the molecule is Cc1ccc(NC(=S)Nc2cc(C)n(Cc3ccccc3Cl)n2)cc1. The number of aryl methyl sites for hydroxylation is 2. The number of hydrogen-bond donors (Lipinski definition) is 2. The number of aromatic nitrogens is 2. The van der Waals surface area contributed by atoms with Gasteiger partial charge >= 0.3 is 0 Å². The maximum absolute atomic E-state index is 6.23. The first-order valence-electron chi connectivity index (χ1n) is 7.94. The molecule has 0 spiro atoms. The average Bonchev–Trinajstić information content (AvgIpc) is 2.91. The number of nitrogens with zero attached hydrogens (tertiary/aromatic N) is 2. The lowest BCUT2D eigenvalue weighted by Gasteiger charge is -2.09. The predicted molar refractivity (Wildman–Crippen MR) is 109 cm³/mol. The maximum atomic E-state index is 6.23. The number of benzene rings is 2. The van der Waals surface area contributed by atoms with Crippen LogP contribution in [0.15, 0.2) is 54.6 Å². The van der Waals surface area contributed by atoms with Gasteiger partial charge in [0.05, 0.1) is 6.54 Å². The topological polar surface area (TPSA) is 41.9 Å². The summed E-state index contributed by atoms with van der Waals surface area (Å²) in [6.45, 7) is 4.67. The third kappa shape index (κ3) is 4.59. The average molecular weight is 371 g/mol. The summed E-state index contributed by atoms with van der Waals surface area (Å²) >= 11 is 11.6. The Labute approximate surface area is 157 Å². The lowest BCUT2D eigenvalue weighted by atomic mass is 10.2. The molecule has 6 heteroatoms. The highest BCUT2D eigenvalue weighted by Gasteiger charge is 2.08. The Morgan fingerprint density at radius 2 is 1.80 bits per heavy atom. The minimum Gasteiger partial charge on any atom is -0.332 e. The van der Waals surface area contributed by atoms with Gasteiger partial charge in [-0.25, -0.2) is 0 Å². The Balaban J connectivity index is 1.66. The van der Waals surface area contributed by atoms with E-state index in [1.54, 1.807) is 0 Å². The molecular formula is C19H19ClN4S. The number of nitrogens with one attached hydrogen (secondary N) is 2. The molecule has 0 amide bonds. The molecule has 0 aliphatic rings. The van der Waals surface area contributed by atoms with Crippen molar-refractivity contribution >= 4 is 40.4 Å². The van der Waals surface area contributed by atoms with Gasteiger partial charge in [0, 0.05) is 22.5 Å². The largest absolute Gasteiger partial charge is 0.332 e. The number of rotatable bonds is 4. The molecule has 3 aromatic rings. The number of anilines is 2. The van der Waals surface area contributed by atoms with Crippen LogP contribution in [-0.2, 0) is 6.54 Å². The van der Waals surface area contributed by atoms with Crippen molar-refractivity contribution in [3.05, 3.63) is 76.4 Å². The molecule has 128 valence electrons. The van der Waals surface area contributed by atoms with Gasteiger partial charge in [0.2, 0.25) is 0 Å². The molecule has 3 rings (SSSR count). The van der Waals surface area contributed by atoms with Gasteiger partial charge in [-0.1, -0.05) is 47.5 Å². The summed E-state index contributed by atoms with van der Waals surface area (Å²) in [6, 6.07) is 17.8. The van der Waals surface area contributed by atoms with Crippen LogP contribution in [-0.4, -0.2) is 14.9 Å². The number of hydrogen-bond acceptors (Lipinski definition) is 2. The molecule has 0 atom stereocenters. The minimum absolute atomic E-state index is 0.506. The van der Waals surface area contributed by atoms with Crippen LogP contribution in [0.3, 0.4) is 0 Å². The molecule has 25 heavy (non-hydrogen) atoms. The van der Waals surface area contributed by atoms with Gasteiger partial charge in [-0.2, -0.15) is 5.10 Å². The van der Waals surface area contributed by atoms with Crippen LogP contribution in [0.5, 0.6) is 0 Å². The Morgan fingerprint density at radius 1 is 1.08 bits per heavy atom. The predicted octanol–water partition coefficient (Wildman–Crippen LogP) is 5.01. The Kier molecular flexibility index (Phi) is 5.36. The Hall–Kier alpha value is -2.37. The summed E-state index contributed by atoms with van der Waals surface area (Å²) < 4.78 is 1.90. The summed E-state index contributed by atoms with van der Waals surface area (Å²) in [5, 5.41) is 12.1. The van der Waals surface area contributed by atoms with Crippen LogP contribution >= 0.6 is 23.8 Å². The highest BCUT2D eigenvalue weighted by molar-refractivity contribution is 7.80. The minimum atomic E-state index is 0.506. The van der Waals surface area contributed by atoms with Crippen LogP contribution in [0, 0.1) is 13.8 Å². The quantitative estimate of drug-likeness (QED) is 0.633. The highest BCUT2D eigenvalue weighted by atomic mass is 35.5. The second-order valence-corrected chi connectivity index (χ2v) is 6.68. The van der Waals surface area contributed by atoms with E-state index in [-0.39, 0.29) is 0 Å². The molecule has 0 unspecified atom stereocenters. The van der Waals surface area contributed by atoms with Crippen molar-refractivity contribution in [1.29, 1.82) is 0 Å². The zero-order valence-electron chi connectivity index (χ0n) is 14.1. The first-order valence-corrected chi connectivity index (χ1v) is 8.72. The third-order valence-corrected chi connectivity index (χ3v) is 4.38. The van der Waals surface area contributed by atoms with Gasteiger partial charge in [-0.3, -0.25) is 4.68 Å². The molecule has 0 bridgehead atoms. The van der Waals surface area contributed by atoms with E-state index in [0.29, 0.717) is 17.5 Å². The van der Waals surface area contributed by atoms with Gasteiger partial charge in [-0.05, 0) is 49.8 Å². The van der Waals surface area contributed by atoms with E-state index in [1.165, 1.54) is 5.56 Å². The number of thiocarbonyl (C=S) groups is 1. The molecule has 1 aromatic heterocycles. The molecule has 0 fully saturated rings. The third-order valence-electron chi connectivity index (χ3n) is 3.81. The second-order valence-electron chi connectivity index (χ2n) is 5.87. The molecule has 1 heterocycles. The molecule has 4 nitrogen and oxygen atoms in total. The van der Waals surface area contributed by atoms with Crippen molar-refractivity contribution in [3.8, 4) is 0 Å². The first-order chi connectivity index (χ1) is 12.0. The zero-order valence-corrected chi connectivity index (χ0v) is 15.7. The summed E-state index contributed by atoms with van der Waals surface area (Å²) in [7, 11) is 0. The van der Waals surface area contributed by atoms with E-state index in [0.717, 1.165) is 22.0 Å². The van der Waals surface area contributed by atoms with Crippen molar-refractivity contribution in [1.82, 2.24) is 9.78 Å². The smallest absolute Gasteiger partial charge is 0.176 e. The first kappa shape index (κ1) is 17.5. The van der Waals surface area contributed by atoms with E-state index >= 15 is 0 Å². The standard InChI is InChI=1S/C19H19ClN4S/c1-13-7-9-16(10-8-13)21-19(25)22-18-11-14(2)24(23-18)12-15-5-3-4-6-17(15)20/h3-11H,12H2,1-2H3,(H2,21,22,23,25). The molecule has 0 saturated heterocycles. The summed E-state index contributed by atoms with van der Waals surface area (Å²) in [6.07, 6.45) is 0. The van der Waals surface area contributed by atoms with E-state index in [2.05, 4.69) is 22.7 Å². The van der Waals surface area contributed by atoms with Crippen molar-refractivity contribution in [2.24, 2.45) is 0 Å². The number of halogens is 1. The fourth-order valence-electron chi connectivity index (χ4n) is 2.43. The van der Waals surface area contributed by atoms with Crippen molar-refractivity contribution in [2.75, 3.05) is 10.6 Å². The summed E-state index contributed by atoms with van der Waals surface area (Å²) in [4.78, 5) is 0. The van der Waals surface area contributed by atoms with Gasteiger partial charge in [0.15, 0.2) is 10.9 Å². The molecule has 2 aromatic carbocycles. The normalized spacial score (nSPS) is 10.5. The van der Waals surface area contributed by atoms with Crippen LogP contribution in [0.1, 0.15) is 16.8 Å². The summed E-state index contributed by atoms with van der Waals surface area (Å²) in [5.41, 5.74) is 4.21. The zero-order chi connectivity index (χ0) is 17.8. The van der Waals surface area contributed by atoms with Gasteiger partial charge < -0.3 is 10.6 Å². The van der Waals surface area contributed by atoms with Crippen LogP contribution < -0.4 is 10.6 Å². The second kappa shape index (κ2) is 7.68. The summed E-state index contributed by atoms with van der Waals surface area (Å²) in [5.74, 6) is 0.703. The molecule has 0 aliphatic heterocycles. The fourth-order valence-corrected chi connectivity index (χ4v) is 2.85. The van der Waals surface area contributed by atoms with E-state index in [4.69, 9.17) is 23.8 Å². The van der Waals surface area contributed by atoms with Crippen LogP contribution in [0.2, 0.25) is 5.02 Å². The van der Waals surface area contributed by atoms with Gasteiger partial charge in [-0.15, -0.1) is 0 Å². The Bertz CT molecular complexity index is 887. The monoisotopic (exact) mass is 370 g/mol. The van der Waals surface area contributed by atoms with Crippen molar-refractivity contribution < 1.29 is 0 Å².